The molecule has 0 saturated carbocycles. The van der Waals surface area contributed by atoms with Crippen molar-refractivity contribution in [2.75, 3.05) is 26.3 Å². The monoisotopic (exact) mass is 767 g/mol. The summed E-state index contributed by atoms with van der Waals surface area (Å²) < 4.78 is 10.9. The Kier molecular flexibility index (Phi) is 37.4. The molecular formula is C42H82N6O6. The lowest BCUT2D eigenvalue weighted by Gasteiger charge is -2.17. The molecule has 0 rings (SSSR count). The van der Waals surface area contributed by atoms with Crippen molar-refractivity contribution in [2.24, 2.45) is 16.6 Å². The molecule has 0 spiro atoms. The van der Waals surface area contributed by atoms with Gasteiger partial charge in [0.25, 0.3) is 0 Å². The first-order chi connectivity index (χ1) is 26.3. The van der Waals surface area contributed by atoms with Gasteiger partial charge in [-0.3, -0.25) is 14.4 Å². The number of nitrogens with two attached hydrogens (primary N) is 2. The molecule has 0 unspecified atom stereocenters. The smallest absolute Gasteiger partial charge is 0.329 e. The average molecular weight is 767 g/mol. The quantitative estimate of drug-likeness (QED) is 0.0135. The highest BCUT2D eigenvalue weighted by Crippen LogP contribution is 2.15. The van der Waals surface area contributed by atoms with Gasteiger partial charge in [0.05, 0.1) is 26.2 Å². The SMILES string of the molecule is CCCCCCCCCCCCCCCCOC(=O)C[C@H](NC(=O)CNC(=O)CCNN=C(N)N)C(=O)OCCCCCCCCCCCCCCCC. The van der Waals surface area contributed by atoms with Crippen molar-refractivity contribution in [3.63, 3.8) is 0 Å². The van der Waals surface area contributed by atoms with Gasteiger partial charge in [0.2, 0.25) is 17.8 Å². The van der Waals surface area contributed by atoms with E-state index in [1.807, 2.05) is 0 Å². The number of esters is 2. The molecule has 0 aliphatic heterocycles. The van der Waals surface area contributed by atoms with E-state index >= 15 is 0 Å². The number of hydrogen-bond acceptors (Lipinski definition) is 8. The summed E-state index contributed by atoms with van der Waals surface area (Å²) in [7, 11) is 0. The molecule has 0 aromatic rings. The van der Waals surface area contributed by atoms with Gasteiger partial charge in [-0.1, -0.05) is 181 Å². The zero-order valence-corrected chi connectivity index (χ0v) is 34.7. The van der Waals surface area contributed by atoms with Crippen molar-refractivity contribution < 1.29 is 28.7 Å². The average Bonchev–Trinajstić information content (AvgIpc) is 3.15. The lowest BCUT2D eigenvalue weighted by molar-refractivity contribution is -0.154. The summed E-state index contributed by atoms with van der Waals surface area (Å²) >= 11 is 0. The van der Waals surface area contributed by atoms with Gasteiger partial charge in [-0.2, -0.15) is 0 Å². The van der Waals surface area contributed by atoms with E-state index in [-0.39, 0.29) is 45.1 Å². The zero-order chi connectivity index (χ0) is 39.7. The fourth-order valence-electron chi connectivity index (χ4n) is 6.30. The minimum Gasteiger partial charge on any atom is -0.466 e. The Morgan fingerprint density at radius 3 is 1.33 bits per heavy atom. The van der Waals surface area contributed by atoms with Gasteiger partial charge in [-0.05, 0) is 12.8 Å². The van der Waals surface area contributed by atoms with Gasteiger partial charge in [-0.15, -0.1) is 5.10 Å². The summed E-state index contributed by atoms with van der Waals surface area (Å²) in [6.45, 7) is 4.80. The first-order valence-electron chi connectivity index (χ1n) is 22.0. The van der Waals surface area contributed by atoms with Gasteiger partial charge in [-0.25, -0.2) is 4.79 Å². The van der Waals surface area contributed by atoms with Gasteiger partial charge >= 0.3 is 11.9 Å². The summed E-state index contributed by atoms with van der Waals surface area (Å²) in [5.41, 5.74) is 13.0. The van der Waals surface area contributed by atoms with Crippen molar-refractivity contribution in [3.05, 3.63) is 0 Å². The third-order valence-corrected chi connectivity index (χ3v) is 9.61. The maximum Gasteiger partial charge on any atom is 0.329 e. The summed E-state index contributed by atoms with van der Waals surface area (Å²) in [4.78, 5) is 50.3. The van der Waals surface area contributed by atoms with Crippen LogP contribution in [0.5, 0.6) is 0 Å². The number of ether oxygens (including phenoxy) is 2. The molecular weight excluding hydrogens is 684 g/mol. The highest BCUT2D eigenvalue weighted by molar-refractivity contribution is 5.90. The van der Waals surface area contributed by atoms with Gasteiger partial charge in [0.1, 0.15) is 6.04 Å². The van der Waals surface area contributed by atoms with Crippen LogP contribution >= 0.6 is 0 Å². The van der Waals surface area contributed by atoms with Crippen LogP contribution in [0.1, 0.15) is 206 Å². The van der Waals surface area contributed by atoms with Crippen LogP contribution in [0.25, 0.3) is 0 Å². The van der Waals surface area contributed by atoms with Crippen molar-refractivity contribution >= 4 is 29.7 Å². The van der Waals surface area contributed by atoms with Crippen LogP contribution < -0.4 is 27.5 Å². The Hall–Kier alpha value is -3.05. The summed E-state index contributed by atoms with van der Waals surface area (Å²) in [5.74, 6) is -2.43. The van der Waals surface area contributed by atoms with E-state index < -0.39 is 29.8 Å². The van der Waals surface area contributed by atoms with Crippen LogP contribution in [-0.2, 0) is 28.7 Å². The second-order valence-corrected chi connectivity index (χ2v) is 14.9. The first-order valence-corrected chi connectivity index (χ1v) is 22.0. The van der Waals surface area contributed by atoms with Crippen LogP contribution in [0.4, 0.5) is 0 Å². The predicted octanol–water partition coefficient (Wildman–Crippen LogP) is 8.19. The molecule has 0 radical (unpaired) electrons. The van der Waals surface area contributed by atoms with Crippen molar-refractivity contribution in [2.45, 2.75) is 213 Å². The molecule has 0 heterocycles. The molecule has 0 aliphatic rings. The number of rotatable bonds is 40. The number of amides is 2. The maximum absolute atomic E-state index is 13.0. The normalized spacial score (nSPS) is 11.4. The summed E-state index contributed by atoms with van der Waals surface area (Å²) in [6, 6.07) is -1.20. The molecule has 1 atom stereocenters. The summed E-state index contributed by atoms with van der Waals surface area (Å²) in [6.07, 6.45) is 34.2. The third-order valence-electron chi connectivity index (χ3n) is 9.61. The van der Waals surface area contributed by atoms with Crippen LogP contribution in [0.3, 0.4) is 0 Å². The second kappa shape index (κ2) is 39.6. The van der Waals surface area contributed by atoms with Crippen LogP contribution in [0.15, 0.2) is 5.10 Å². The van der Waals surface area contributed by atoms with E-state index in [1.165, 1.54) is 141 Å². The first kappa shape index (κ1) is 51.0. The van der Waals surface area contributed by atoms with E-state index in [0.29, 0.717) is 0 Å². The number of hydrogen-bond donors (Lipinski definition) is 5. The molecule has 7 N–H and O–H groups in total. The molecule has 12 heteroatoms. The van der Waals surface area contributed by atoms with Gasteiger partial charge < -0.3 is 37.0 Å². The number of carbonyl (C=O) groups is 4. The third kappa shape index (κ3) is 37.3. The molecule has 0 aliphatic carbocycles. The number of unbranched alkanes of at least 4 members (excludes halogenated alkanes) is 26. The Labute approximate surface area is 329 Å². The molecule has 54 heavy (non-hydrogen) atoms. The Morgan fingerprint density at radius 1 is 0.537 bits per heavy atom. The molecule has 0 bridgehead atoms. The topological polar surface area (TPSA) is 187 Å². The number of nitrogens with zero attached hydrogens (tertiary/aromatic N) is 1. The number of nitrogens with one attached hydrogen (secondary N) is 3. The van der Waals surface area contributed by atoms with Crippen LogP contribution in [-0.4, -0.2) is 62.1 Å². The lowest BCUT2D eigenvalue weighted by Crippen LogP contribution is -2.47. The fourth-order valence-corrected chi connectivity index (χ4v) is 6.30. The molecule has 0 saturated heterocycles. The molecule has 2 amide bonds. The second-order valence-electron chi connectivity index (χ2n) is 14.9. The molecule has 0 aromatic carbocycles. The lowest BCUT2D eigenvalue weighted by atomic mass is 10.0. The zero-order valence-electron chi connectivity index (χ0n) is 34.7. The molecule has 0 aromatic heterocycles. The minimum atomic E-state index is -1.20. The van der Waals surface area contributed by atoms with E-state index in [0.717, 1.165) is 38.5 Å². The van der Waals surface area contributed by atoms with Crippen LogP contribution in [0, 0.1) is 0 Å². The highest BCUT2D eigenvalue weighted by Gasteiger charge is 2.26. The Morgan fingerprint density at radius 2 is 0.926 bits per heavy atom. The highest BCUT2D eigenvalue weighted by atomic mass is 16.5. The van der Waals surface area contributed by atoms with Crippen molar-refractivity contribution in [3.8, 4) is 0 Å². The van der Waals surface area contributed by atoms with E-state index in [2.05, 4.69) is 35.0 Å². The van der Waals surface area contributed by atoms with Crippen LogP contribution in [0.2, 0.25) is 0 Å². The molecule has 12 nitrogen and oxygen atoms in total. The van der Waals surface area contributed by atoms with Crippen molar-refractivity contribution in [1.82, 2.24) is 16.1 Å². The van der Waals surface area contributed by atoms with E-state index in [9.17, 15) is 19.2 Å². The van der Waals surface area contributed by atoms with Gasteiger partial charge in [0.15, 0.2) is 0 Å². The largest absolute Gasteiger partial charge is 0.466 e. The summed E-state index contributed by atoms with van der Waals surface area (Å²) in [5, 5.41) is 8.60. The standard InChI is InChI=1S/C42H82N6O6/c1-3-5-7-9-11-13-15-17-19-21-23-25-27-29-33-53-40(51)35-37(47-39(50)36-45-38(49)31-32-46-48-42(43)44)41(52)54-34-30-28-26-24-22-20-18-16-14-12-10-8-6-4-2/h37,46H,3-36H2,1-2H3,(H,45,49)(H,47,50)(H4,43,44,48)/t37-/m0/s1. The maximum atomic E-state index is 13.0. The van der Waals surface area contributed by atoms with E-state index in [1.54, 1.807) is 0 Å². The van der Waals surface area contributed by atoms with Crippen molar-refractivity contribution in [1.29, 1.82) is 0 Å². The van der Waals surface area contributed by atoms with Gasteiger partial charge in [0, 0.05) is 13.0 Å². The molecule has 0 fully saturated rings. The number of hydrazone groups is 1. The minimum absolute atomic E-state index is 0.0281. The fraction of sp³-hybridized carbons (Fsp3) is 0.881. The number of guanidine groups is 1. The Balaban J connectivity index is 4.39. The number of carbonyl (C=O) groups excluding carboxylic acids is 4. The van der Waals surface area contributed by atoms with E-state index in [4.69, 9.17) is 20.9 Å². The predicted molar refractivity (Wildman–Crippen MR) is 221 cm³/mol. The molecule has 316 valence electrons. The Bertz CT molecular complexity index is 946.